The fourth-order valence-electron chi connectivity index (χ4n) is 1.81. The molecule has 0 aromatic heterocycles. The van der Waals surface area contributed by atoms with E-state index in [1.54, 1.807) is 7.11 Å². The van der Waals surface area contributed by atoms with Gasteiger partial charge < -0.3 is 19.9 Å². The summed E-state index contributed by atoms with van der Waals surface area (Å²) in [7, 11) is 1.63. The maximum atomic E-state index is 9.22. The van der Waals surface area contributed by atoms with Crippen molar-refractivity contribution in [3.63, 3.8) is 0 Å². The Hall–Kier alpha value is -1.52. The molecule has 0 radical (unpaired) electrons. The molecule has 0 fully saturated rings. The van der Waals surface area contributed by atoms with Crippen molar-refractivity contribution in [1.82, 2.24) is 5.32 Å². The molecule has 0 heterocycles. The van der Waals surface area contributed by atoms with Gasteiger partial charge in [0, 0.05) is 18.2 Å². The Balaban J connectivity index is 2.84. The lowest BCUT2D eigenvalue weighted by Crippen LogP contribution is -2.31. The van der Waals surface area contributed by atoms with Crippen LogP contribution in [0.5, 0.6) is 11.5 Å². The Kier molecular flexibility index (Phi) is 7.12. The van der Waals surface area contributed by atoms with Crippen molar-refractivity contribution in [2.24, 2.45) is 0 Å². The molecule has 0 aliphatic rings. The molecule has 1 atom stereocenters. The number of rotatable bonds is 9. The average Bonchev–Trinajstić information content (AvgIpc) is 2.46. The monoisotopic (exact) mass is 279 g/mol. The van der Waals surface area contributed by atoms with Crippen molar-refractivity contribution in [3.8, 4) is 11.5 Å². The van der Waals surface area contributed by atoms with Gasteiger partial charge in [-0.15, -0.1) is 0 Å². The summed E-state index contributed by atoms with van der Waals surface area (Å²) in [5.74, 6) is 1.45. The number of ether oxygens (including phenoxy) is 2. The molecule has 0 spiro atoms. The number of hydrogen-bond donors (Lipinski definition) is 2. The number of methoxy groups -OCH3 is 1. The van der Waals surface area contributed by atoms with Crippen LogP contribution in [-0.2, 0) is 6.54 Å². The van der Waals surface area contributed by atoms with Crippen LogP contribution in [0.25, 0.3) is 0 Å². The highest BCUT2D eigenvalue weighted by Crippen LogP contribution is 2.31. The molecule has 20 heavy (non-hydrogen) atoms. The lowest BCUT2D eigenvalue weighted by Gasteiger charge is -2.18. The zero-order chi connectivity index (χ0) is 15.0. The predicted octanol–water partition coefficient (Wildman–Crippen LogP) is 2.51. The SMILES string of the molecule is C=C(C)COc1c(CNC(CC)CO)cccc1OC. The van der Waals surface area contributed by atoms with E-state index in [9.17, 15) is 5.11 Å². The highest BCUT2D eigenvalue weighted by Gasteiger charge is 2.12. The van der Waals surface area contributed by atoms with E-state index in [0.29, 0.717) is 18.9 Å². The van der Waals surface area contributed by atoms with Gasteiger partial charge in [-0.1, -0.05) is 25.6 Å². The van der Waals surface area contributed by atoms with Crippen molar-refractivity contribution in [3.05, 3.63) is 35.9 Å². The van der Waals surface area contributed by atoms with Crippen LogP contribution in [0.3, 0.4) is 0 Å². The zero-order valence-electron chi connectivity index (χ0n) is 12.6. The average molecular weight is 279 g/mol. The molecule has 0 aliphatic heterocycles. The van der Waals surface area contributed by atoms with Crippen LogP contribution in [0.15, 0.2) is 30.4 Å². The van der Waals surface area contributed by atoms with Crippen LogP contribution in [0.2, 0.25) is 0 Å². The molecule has 1 aromatic carbocycles. The van der Waals surface area contributed by atoms with Gasteiger partial charge in [0.2, 0.25) is 0 Å². The van der Waals surface area contributed by atoms with Crippen LogP contribution in [-0.4, -0.2) is 31.5 Å². The molecular formula is C16H25NO3. The van der Waals surface area contributed by atoms with Crippen molar-refractivity contribution >= 4 is 0 Å². The lowest BCUT2D eigenvalue weighted by molar-refractivity contribution is 0.237. The van der Waals surface area contributed by atoms with E-state index in [4.69, 9.17) is 9.47 Å². The minimum Gasteiger partial charge on any atom is -0.493 e. The molecule has 0 aliphatic carbocycles. The van der Waals surface area contributed by atoms with Gasteiger partial charge in [0.1, 0.15) is 6.61 Å². The van der Waals surface area contributed by atoms with Gasteiger partial charge in [-0.2, -0.15) is 0 Å². The van der Waals surface area contributed by atoms with Gasteiger partial charge in [0.05, 0.1) is 13.7 Å². The molecule has 0 saturated carbocycles. The Bertz CT molecular complexity index is 428. The maximum Gasteiger partial charge on any atom is 0.166 e. The molecule has 112 valence electrons. The number of hydrogen-bond acceptors (Lipinski definition) is 4. The standard InChI is InChI=1S/C16H25NO3/c1-5-14(10-18)17-9-13-7-6-8-15(19-4)16(13)20-11-12(2)3/h6-8,14,17-18H,2,5,9-11H2,1,3-4H3. The van der Waals surface area contributed by atoms with E-state index < -0.39 is 0 Å². The molecular weight excluding hydrogens is 254 g/mol. The third kappa shape index (κ3) is 4.87. The van der Waals surface area contributed by atoms with Gasteiger partial charge in [0.15, 0.2) is 11.5 Å². The first kappa shape index (κ1) is 16.5. The minimum absolute atomic E-state index is 0.0928. The number of para-hydroxylation sites is 1. The fourth-order valence-corrected chi connectivity index (χ4v) is 1.81. The summed E-state index contributed by atoms with van der Waals surface area (Å²) in [4.78, 5) is 0. The number of aliphatic hydroxyl groups excluding tert-OH is 1. The fraction of sp³-hybridized carbons (Fsp3) is 0.500. The normalized spacial score (nSPS) is 12.0. The van der Waals surface area contributed by atoms with Crippen LogP contribution in [0.1, 0.15) is 25.8 Å². The smallest absolute Gasteiger partial charge is 0.166 e. The first-order valence-corrected chi connectivity index (χ1v) is 6.89. The van der Waals surface area contributed by atoms with Gasteiger partial charge in [0.25, 0.3) is 0 Å². The van der Waals surface area contributed by atoms with Crippen LogP contribution in [0, 0.1) is 0 Å². The minimum atomic E-state index is 0.0928. The quantitative estimate of drug-likeness (QED) is 0.682. The highest BCUT2D eigenvalue weighted by molar-refractivity contribution is 5.46. The van der Waals surface area contributed by atoms with Crippen LogP contribution >= 0.6 is 0 Å². The summed E-state index contributed by atoms with van der Waals surface area (Å²) < 4.78 is 11.1. The Labute approximate surface area is 121 Å². The van der Waals surface area contributed by atoms with Crippen molar-refractivity contribution in [1.29, 1.82) is 0 Å². The lowest BCUT2D eigenvalue weighted by atomic mass is 10.1. The van der Waals surface area contributed by atoms with Gasteiger partial charge in [-0.05, 0) is 25.0 Å². The highest BCUT2D eigenvalue weighted by atomic mass is 16.5. The second-order valence-corrected chi connectivity index (χ2v) is 4.86. The molecule has 0 amide bonds. The topological polar surface area (TPSA) is 50.7 Å². The summed E-state index contributed by atoms with van der Waals surface area (Å²) in [6, 6.07) is 5.90. The predicted molar refractivity (Wildman–Crippen MR) is 81.3 cm³/mol. The van der Waals surface area contributed by atoms with E-state index in [1.165, 1.54) is 0 Å². The van der Waals surface area contributed by atoms with E-state index in [-0.39, 0.29) is 12.6 Å². The van der Waals surface area contributed by atoms with Gasteiger partial charge >= 0.3 is 0 Å². The summed E-state index contributed by atoms with van der Waals surface area (Å²) in [5, 5.41) is 12.5. The second kappa shape index (κ2) is 8.61. The van der Waals surface area contributed by atoms with Crippen molar-refractivity contribution in [2.75, 3.05) is 20.3 Å². The second-order valence-electron chi connectivity index (χ2n) is 4.86. The van der Waals surface area contributed by atoms with E-state index in [0.717, 1.165) is 23.3 Å². The summed E-state index contributed by atoms with van der Waals surface area (Å²) in [6.07, 6.45) is 0.877. The summed E-state index contributed by atoms with van der Waals surface area (Å²) in [5.41, 5.74) is 1.97. The maximum absolute atomic E-state index is 9.22. The molecule has 1 unspecified atom stereocenters. The molecule has 2 N–H and O–H groups in total. The molecule has 1 aromatic rings. The van der Waals surface area contributed by atoms with E-state index >= 15 is 0 Å². The van der Waals surface area contributed by atoms with E-state index in [1.807, 2.05) is 32.0 Å². The summed E-state index contributed by atoms with van der Waals surface area (Å²) in [6.45, 7) is 9.02. The zero-order valence-corrected chi connectivity index (χ0v) is 12.6. The van der Waals surface area contributed by atoms with Gasteiger partial charge in [-0.3, -0.25) is 0 Å². The summed E-state index contributed by atoms with van der Waals surface area (Å²) >= 11 is 0. The molecule has 4 heteroatoms. The van der Waals surface area contributed by atoms with Gasteiger partial charge in [-0.25, -0.2) is 0 Å². The number of benzene rings is 1. The molecule has 4 nitrogen and oxygen atoms in total. The third-order valence-corrected chi connectivity index (χ3v) is 3.04. The van der Waals surface area contributed by atoms with Crippen LogP contribution in [0.4, 0.5) is 0 Å². The Morgan fingerprint density at radius 2 is 2.20 bits per heavy atom. The largest absolute Gasteiger partial charge is 0.493 e. The van der Waals surface area contributed by atoms with E-state index in [2.05, 4.69) is 11.9 Å². The Morgan fingerprint density at radius 3 is 2.75 bits per heavy atom. The first-order chi connectivity index (χ1) is 9.62. The molecule has 1 rings (SSSR count). The number of nitrogens with one attached hydrogen (secondary N) is 1. The molecule has 0 bridgehead atoms. The number of aliphatic hydroxyl groups is 1. The van der Waals surface area contributed by atoms with Crippen molar-refractivity contribution < 1.29 is 14.6 Å². The van der Waals surface area contributed by atoms with Crippen LogP contribution < -0.4 is 14.8 Å². The van der Waals surface area contributed by atoms with Crippen molar-refractivity contribution in [2.45, 2.75) is 32.9 Å². The Morgan fingerprint density at radius 1 is 1.45 bits per heavy atom. The third-order valence-electron chi connectivity index (χ3n) is 3.04. The first-order valence-electron chi connectivity index (χ1n) is 6.89. The molecule has 0 saturated heterocycles.